The Bertz CT molecular complexity index is 291. The van der Waals surface area contributed by atoms with Crippen LogP contribution in [0.3, 0.4) is 0 Å². The Balaban J connectivity index is 3.05. The van der Waals surface area contributed by atoms with E-state index in [1.165, 1.54) is 0 Å². The molecule has 74 valence electrons. The summed E-state index contributed by atoms with van der Waals surface area (Å²) in [7, 11) is 1.92. The number of imidazole rings is 1. The quantitative estimate of drug-likeness (QED) is 0.809. The number of hydrogen-bond acceptors (Lipinski definition) is 2. The fourth-order valence-corrected chi connectivity index (χ4v) is 1.62. The molecular weight excluding hydrogens is 186 g/mol. The van der Waals surface area contributed by atoms with Crippen molar-refractivity contribution < 1.29 is 0 Å². The van der Waals surface area contributed by atoms with Crippen molar-refractivity contribution in [3.63, 3.8) is 0 Å². The second kappa shape index (κ2) is 4.11. The van der Waals surface area contributed by atoms with Crippen LogP contribution in [-0.4, -0.2) is 16.1 Å². The number of rotatable bonds is 3. The van der Waals surface area contributed by atoms with Gasteiger partial charge in [-0.25, -0.2) is 4.98 Å². The van der Waals surface area contributed by atoms with E-state index < -0.39 is 0 Å². The lowest BCUT2D eigenvalue weighted by Crippen LogP contribution is -2.07. The first kappa shape index (κ1) is 10.5. The number of aromatic nitrogens is 2. The van der Waals surface area contributed by atoms with Crippen molar-refractivity contribution in [2.45, 2.75) is 26.2 Å². The monoisotopic (exact) mass is 201 g/mol. The molecule has 3 nitrogen and oxygen atoms in total. The highest BCUT2D eigenvalue weighted by Gasteiger charge is 2.14. The Hall–Kier alpha value is -0.540. The van der Waals surface area contributed by atoms with E-state index in [0.717, 1.165) is 23.1 Å². The minimum atomic E-state index is 0.366. The van der Waals surface area contributed by atoms with Crippen LogP contribution < -0.4 is 5.73 Å². The molecule has 1 aromatic rings. The Morgan fingerprint density at radius 3 is 2.54 bits per heavy atom. The van der Waals surface area contributed by atoms with E-state index in [0.29, 0.717) is 12.5 Å². The molecule has 4 heteroatoms. The molecule has 0 spiro atoms. The lowest BCUT2D eigenvalue weighted by Gasteiger charge is -2.00. The van der Waals surface area contributed by atoms with E-state index in [1.54, 1.807) is 0 Å². The molecule has 0 saturated heterocycles. The molecule has 1 aromatic heterocycles. The summed E-state index contributed by atoms with van der Waals surface area (Å²) in [6, 6.07) is 0. The zero-order valence-corrected chi connectivity index (χ0v) is 9.10. The third-order valence-electron chi connectivity index (χ3n) is 2.06. The smallest absolute Gasteiger partial charge is 0.132 e. The van der Waals surface area contributed by atoms with Crippen molar-refractivity contribution in [2.24, 2.45) is 12.8 Å². The molecule has 0 aromatic carbocycles. The van der Waals surface area contributed by atoms with Crippen LogP contribution in [0, 0.1) is 0 Å². The second-order valence-electron chi connectivity index (χ2n) is 3.46. The van der Waals surface area contributed by atoms with Crippen molar-refractivity contribution in [3.8, 4) is 0 Å². The van der Waals surface area contributed by atoms with Crippen LogP contribution in [0.1, 0.15) is 31.3 Å². The van der Waals surface area contributed by atoms with Gasteiger partial charge in [-0.1, -0.05) is 25.4 Å². The van der Waals surface area contributed by atoms with Gasteiger partial charge in [0.1, 0.15) is 11.0 Å². The highest BCUT2D eigenvalue weighted by molar-refractivity contribution is 6.30. The summed E-state index contributed by atoms with van der Waals surface area (Å²) in [5.74, 6) is 1.33. The standard InChI is InChI=1S/C9H16ClN3/c1-6(2)8-9(10)13(3)7(12-8)4-5-11/h6H,4-5,11H2,1-3H3. The van der Waals surface area contributed by atoms with Gasteiger partial charge in [0, 0.05) is 13.5 Å². The van der Waals surface area contributed by atoms with Gasteiger partial charge in [-0.05, 0) is 12.5 Å². The molecule has 0 atom stereocenters. The van der Waals surface area contributed by atoms with Crippen LogP contribution in [0.2, 0.25) is 5.15 Å². The van der Waals surface area contributed by atoms with Crippen LogP contribution in [-0.2, 0) is 13.5 Å². The van der Waals surface area contributed by atoms with Gasteiger partial charge in [0.25, 0.3) is 0 Å². The fraction of sp³-hybridized carbons (Fsp3) is 0.667. The molecule has 0 aliphatic heterocycles. The molecule has 1 rings (SSSR count). The van der Waals surface area contributed by atoms with E-state index in [9.17, 15) is 0 Å². The summed E-state index contributed by atoms with van der Waals surface area (Å²) in [5, 5.41) is 0.735. The highest BCUT2D eigenvalue weighted by atomic mass is 35.5. The molecule has 2 N–H and O–H groups in total. The van der Waals surface area contributed by atoms with Gasteiger partial charge in [-0.15, -0.1) is 0 Å². The van der Waals surface area contributed by atoms with Gasteiger partial charge in [-0.2, -0.15) is 0 Å². The molecular formula is C9H16ClN3. The third-order valence-corrected chi connectivity index (χ3v) is 2.50. The van der Waals surface area contributed by atoms with Crippen molar-refractivity contribution in [3.05, 3.63) is 16.7 Å². The van der Waals surface area contributed by atoms with Gasteiger partial charge in [0.15, 0.2) is 0 Å². The molecule has 0 saturated carbocycles. The Morgan fingerprint density at radius 2 is 2.15 bits per heavy atom. The predicted molar refractivity (Wildman–Crippen MR) is 55.1 cm³/mol. The first-order valence-electron chi connectivity index (χ1n) is 4.49. The molecule has 0 aliphatic rings. The van der Waals surface area contributed by atoms with Crippen LogP contribution in [0.25, 0.3) is 0 Å². The second-order valence-corrected chi connectivity index (χ2v) is 3.81. The molecule has 0 radical (unpaired) electrons. The minimum Gasteiger partial charge on any atom is -0.330 e. The molecule has 13 heavy (non-hydrogen) atoms. The largest absolute Gasteiger partial charge is 0.330 e. The zero-order chi connectivity index (χ0) is 10.0. The van der Waals surface area contributed by atoms with E-state index >= 15 is 0 Å². The summed E-state index contributed by atoms with van der Waals surface area (Å²) in [6.07, 6.45) is 0.781. The Morgan fingerprint density at radius 1 is 1.54 bits per heavy atom. The SMILES string of the molecule is CC(C)c1nc(CCN)n(C)c1Cl. The fourth-order valence-electron chi connectivity index (χ4n) is 1.27. The lowest BCUT2D eigenvalue weighted by atomic mass is 10.2. The summed E-state index contributed by atoms with van der Waals surface area (Å²) in [6.45, 7) is 4.78. The van der Waals surface area contributed by atoms with Crippen LogP contribution >= 0.6 is 11.6 Å². The Labute approximate surface area is 83.9 Å². The van der Waals surface area contributed by atoms with Gasteiger partial charge < -0.3 is 10.3 Å². The first-order valence-corrected chi connectivity index (χ1v) is 4.86. The average molecular weight is 202 g/mol. The van der Waals surface area contributed by atoms with Gasteiger partial charge in [-0.3, -0.25) is 0 Å². The number of nitrogens with zero attached hydrogens (tertiary/aromatic N) is 2. The highest BCUT2D eigenvalue weighted by Crippen LogP contribution is 2.23. The molecule has 0 bridgehead atoms. The number of hydrogen-bond donors (Lipinski definition) is 1. The summed E-state index contributed by atoms with van der Waals surface area (Å²) < 4.78 is 1.91. The van der Waals surface area contributed by atoms with Crippen molar-refractivity contribution in [2.75, 3.05) is 6.54 Å². The molecule has 0 fully saturated rings. The maximum atomic E-state index is 6.10. The minimum absolute atomic E-state index is 0.366. The average Bonchev–Trinajstić information content (AvgIpc) is 2.33. The molecule has 0 amide bonds. The summed E-state index contributed by atoms with van der Waals surface area (Å²) >= 11 is 6.10. The van der Waals surface area contributed by atoms with E-state index in [-0.39, 0.29) is 0 Å². The Kier molecular flexibility index (Phi) is 3.33. The third kappa shape index (κ3) is 2.03. The summed E-state index contributed by atoms with van der Waals surface area (Å²) in [5.41, 5.74) is 6.43. The van der Waals surface area contributed by atoms with Crippen molar-refractivity contribution in [1.29, 1.82) is 0 Å². The van der Waals surface area contributed by atoms with E-state index in [1.807, 2.05) is 11.6 Å². The van der Waals surface area contributed by atoms with Crippen molar-refractivity contribution in [1.82, 2.24) is 9.55 Å². The van der Waals surface area contributed by atoms with Crippen LogP contribution in [0.4, 0.5) is 0 Å². The maximum absolute atomic E-state index is 6.10. The van der Waals surface area contributed by atoms with Crippen LogP contribution in [0.5, 0.6) is 0 Å². The maximum Gasteiger partial charge on any atom is 0.132 e. The van der Waals surface area contributed by atoms with E-state index in [2.05, 4.69) is 18.8 Å². The molecule has 1 heterocycles. The van der Waals surface area contributed by atoms with Gasteiger partial charge >= 0.3 is 0 Å². The molecule has 0 unspecified atom stereocenters. The number of nitrogens with two attached hydrogens (primary N) is 1. The zero-order valence-electron chi connectivity index (χ0n) is 8.34. The topological polar surface area (TPSA) is 43.8 Å². The van der Waals surface area contributed by atoms with Gasteiger partial charge in [0.2, 0.25) is 0 Å². The van der Waals surface area contributed by atoms with E-state index in [4.69, 9.17) is 17.3 Å². The van der Waals surface area contributed by atoms with Gasteiger partial charge in [0.05, 0.1) is 5.69 Å². The lowest BCUT2D eigenvalue weighted by molar-refractivity contribution is 0.775. The molecule has 0 aliphatic carbocycles. The summed E-state index contributed by atoms with van der Waals surface area (Å²) in [4.78, 5) is 4.45. The predicted octanol–water partition coefficient (Wildman–Crippen LogP) is 1.70. The first-order chi connectivity index (χ1) is 6.07. The number of halogens is 1. The van der Waals surface area contributed by atoms with Crippen LogP contribution in [0.15, 0.2) is 0 Å². The van der Waals surface area contributed by atoms with Crippen molar-refractivity contribution >= 4 is 11.6 Å². The normalized spacial score (nSPS) is 11.2.